The third-order valence-electron chi connectivity index (χ3n) is 8.51. The average molecular weight is 695 g/mol. The summed E-state index contributed by atoms with van der Waals surface area (Å²) in [7, 11) is 0. The second kappa shape index (κ2) is 12.1. The Morgan fingerprint density at radius 2 is 1.76 bits per heavy atom. The van der Waals surface area contributed by atoms with E-state index in [9.17, 15) is 9.18 Å². The van der Waals surface area contributed by atoms with E-state index < -0.39 is 40.6 Å². The first-order valence-corrected chi connectivity index (χ1v) is 16.1. The summed E-state index contributed by atoms with van der Waals surface area (Å²) in [5, 5.41) is 0.203. The van der Waals surface area contributed by atoms with Crippen LogP contribution in [0, 0.1) is 23.3 Å². The minimum Gasteiger partial charge on any atom is -0.456 e. The second-order valence-electron chi connectivity index (χ2n) is 13.2. The van der Waals surface area contributed by atoms with Gasteiger partial charge in [-0.2, -0.15) is 0 Å². The Morgan fingerprint density at radius 3 is 2.41 bits per heavy atom. The van der Waals surface area contributed by atoms with Gasteiger partial charge in [-0.1, -0.05) is 23.7 Å². The molecule has 0 radical (unpaired) electrons. The van der Waals surface area contributed by atoms with Crippen LogP contribution in [0.2, 0.25) is 5.02 Å². The Kier molecular flexibility index (Phi) is 8.10. The number of hydrogen-bond donors (Lipinski definition) is 0. The fourth-order valence-electron chi connectivity index (χ4n) is 6.09. The topological polar surface area (TPSA) is 71.8 Å². The molecule has 0 N–H and O–H groups in total. The maximum Gasteiger partial charge on any atom is 0.341 e. The highest BCUT2D eigenvalue weighted by atomic mass is 35.5. The standard InChI is InChI=1S/C37H31ClF4N2O5/c1-36(2,3)49-35(45)23-9-11-29-33(32(23)42)44(18-21-12-13-46-21)31(43-29)17-24-26(39)14-19(15-27(24)40)22-6-5-7-30-34(22)48-37(4,47-30)25-10-8-20(38)16-28(25)41/h5-11,14-16,21H,12-13,17-18H2,1-4H3. The zero-order chi connectivity index (χ0) is 34.8. The van der Waals surface area contributed by atoms with E-state index in [1.165, 1.54) is 47.9 Å². The SMILES string of the molecule is CC(C)(C)OC(=O)c1ccc2nc(Cc3c(F)cc(-c4cccc5c4OC(C)(c4ccc(Cl)cc4F)O5)cc3F)n(CC3CCO3)c2c1F. The van der Waals surface area contributed by atoms with Gasteiger partial charge in [-0.3, -0.25) is 0 Å². The molecule has 7 rings (SSSR count). The van der Waals surface area contributed by atoms with Crippen molar-refractivity contribution in [2.45, 2.75) is 64.6 Å². The molecule has 0 aliphatic carbocycles. The third kappa shape index (κ3) is 6.10. The van der Waals surface area contributed by atoms with E-state index in [0.717, 1.165) is 6.07 Å². The molecule has 12 heteroatoms. The van der Waals surface area contributed by atoms with Crippen LogP contribution in [-0.4, -0.2) is 33.8 Å². The molecule has 0 bridgehead atoms. The molecule has 2 atom stereocenters. The summed E-state index contributed by atoms with van der Waals surface area (Å²) >= 11 is 5.92. The van der Waals surface area contributed by atoms with E-state index in [-0.39, 0.29) is 74.7 Å². The van der Waals surface area contributed by atoms with Crippen molar-refractivity contribution in [3.8, 4) is 22.6 Å². The van der Waals surface area contributed by atoms with Gasteiger partial charge < -0.3 is 23.5 Å². The van der Waals surface area contributed by atoms with Crippen molar-refractivity contribution in [1.82, 2.24) is 9.55 Å². The molecule has 254 valence electrons. The lowest BCUT2D eigenvalue weighted by Crippen LogP contribution is -2.32. The van der Waals surface area contributed by atoms with Crippen LogP contribution in [0.15, 0.2) is 60.7 Å². The molecule has 0 spiro atoms. The minimum absolute atomic E-state index is 0.0171. The van der Waals surface area contributed by atoms with E-state index in [0.29, 0.717) is 18.6 Å². The number of halogens is 5. The number of esters is 1. The molecule has 2 aliphatic rings. The first kappa shape index (κ1) is 32.9. The number of para-hydroxylation sites is 1. The number of fused-ring (bicyclic) bond motifs is 2. The van der Waals surface area contributed by atoms with E-state index in [4.69, 9.17) is 30.5 Å². The summed E-state index contributed by atoms with van der Waals surface area (Å²) in [6.07, 6.45) is 0.133. The van der Waals surface area contributed by atoms with Crippen molar-refractivity contribution in [2.75, 3.05) is 6.61 Å². The maximum atomic E-state index is 16.0. The summed E-state index contributed by atoms with van der Waals surface area (Å²) < 4.78 is 87.3. The quantitative estimate of drug-likeness (QED) is 0.125. The molecule has 49 heavy (non-hydrogen) atoms. The molecular formula is C37H31ClF4N2O5. The van der Waals surface area contributed by atoms with Gasteiger partial charge in [0, 0.05) is 36.1 Å². The lowest BCUT2D eigenvalue weighted by Gasteiger charge is -2.27. The summed E-state index contributed by atoms with van der Waals surface area (Å²) in [5.41, 5.74) is -0.606. The molecule has 4 aromatic carbocycles. The number of nitrogens with zero attached hydrogens (tertiary/aromatic N) is 2. The molecular weight excluding hydrogens is 664 g/mol. The summed E-state index contributed by atoms with van der Waals surface area (Å²) in [6.45, 7) is 7.27. The third-order valence-corrected chi connectivity index (χ3v) is 8.75. The monoisotopic (exact) mass is 694 g/mol. The number of carbonyl (C=O) groups excluding carboxylic acids is 1. The van der Waals surface area contributed by atoms with Crippen molar-refractivity contribution >= 4 is 28.6 Å². The Balaban J connectivity index is 1.24. The molecule has 7 nitrogen and oxygen atoms in total. The molecule has 0 amide bonds. The van der Waals surface area contributed by atoms with Gasteiger partial charge >= 0.3 is 5.97 Å². The predicted molar refractivity (Wildman–Crippen MR) is 174 cm³/mol. The zero-order valence-electron chi connectivity index (χ0n) is 27.0. The number of carbonyl (C=O) groups is 1. The molecule has 3 heterocycles. The fourth-order valence-corrected chi connectivity index (χ4v) is 6.25. The summed E-state index contributed by atoms with van der Waals surface area (Å²) in [5.74, 6) is -4.98. The normalized spacial score (nSPS) is 18.5. The number of imidazole rings is 1. The highest BCUT2D eigenvalue weighted by Crippen LogP contribution is 2.50. The van der Waals surface area contributed by atoms with Gasteiger partial charge in [0.05, 0.1) is 29.3 Å². The van der Waals surface area contributed by atoms with E-state index in [2.05, 4.69) is 4.98 Å². The fraction of sp³-hybridized carbons (Fsp3) is 0.297. The number of aromatic nitrogens is 2. The lowest BCUT2D eigenvalue weighted by atomic mass is 10.00. The van der Waals surface area contributed by atoms with Gasteiger partial charge in [0.15, 0.2) is 17.3 Å². The lowest BCUT2D eigenvalue weighted by molar-refractivity contribution is -0.0705. The van der Waals surface area contributed by atoms with Crippen LogP contribution < -0.4 is 9.47 Å². The number of benzene rings is 4. The number of rotatable bonds is 7. The van der Waals surface area contributed by atoms with Crippen LogP contribution in [0.5, 0.6) is 11.5 Å². The van der Waals surface area contributed by atoms with Gasteiger partial charge in [0.2, 0.25) is 0 Å². The van der Waals surface area contributed by atoms with Crippen LogP contribution in [0.1, 0.15) is 61.4 Å². The van der Waals surface area contributed by atoms with Gasteiger partial charge in [0.25, 0.3) is 5.79 Å². The van der Waals surface area contributed by atoms with E-state index >= 15 is 13.2 Å². The highest BCUT2D eigenvalue weighted by Gasteiger charge is 2.42. The van der Waals surface area contributed by atoms with Crippen LogP contribution in [0.25, 0.3) is 22.2 Å². The summed E-state index contributed by atoms with van der Waals surface area (Å²) in [6, 6.07) is 14.1. The first-order chi connectivity index (χ1) is 23.2. The van der Waals surface area contributed by atoms with E-state index in [1.807, 2.05) is 0 Å². The van der Waals surface area contributed by atoms with Crippen molar-refractivity contribution in [3.63, 3.8) is 0 Å². The maximum absolute atomic E-state index is 16.0. The van der Waals surface area contributed by atoms with Gasteiger partial charge in [-0.15, -0.1) is 0 Å². The Morgan fingerprint density at radius 1 is 1.02 bits per heavy atom. The molecule has 0 saturated carbocycles. The molecule has 1 saturated heterocycles. The Labute approximate surface area is 284 Å². The molecule has 2 aliphatic heterocycles. The zero-order valence-corrected chi connectivity index (χ0v) is 27.8. The van der Waals surface area contributed by atoms with E-state index in [1.54, 1.807) is 39.0 Å². The number of hydrogen-bond acceptors (Lipinski definition) is 6. The van der Waals surface area contributed by atoms with Crippen LogP contribution in [-0.2, 0) is 28.2 Å². The van der Waals surface area contributed by atoms with Crippen molar-refractivity contribution in [3.05, 3.63) is 111 Å². The molecule has 1 aromatic heterocycles. The Bertz CT molecular complexity index is 2120. The van der Waals surface area contributed by atoms with Gasteiger partial charge in [-0.25, -0.2) is 27.3 Å². The molecule has 5 aromatic rings. The smallest absolute Gasteiger partial charge is 0.341 e. The highest BCUT2D eigenvalue weighted by molar-refractivity contribution is 6.30. The van der Waals surface area contributed by atoms with Gasteiger partial charge in [-0.05, 0) is 81.3 Å². The second-order valence-corrected chi connectivity index (χ2v) is 13.7. The predicted octanol–water partition coefficient (Wildman–Crippen LogP) is 8.89. The summed E-state index contributed by atoms with van der Waals surface area (Å²) in [4.78, 5) is 17.3. The van der Waals surface area contributed by atoms with Crippen LogP contribution in [0.3, 0.4) is 0 Å². The van der Waals surface area contributed by atoms with Crippen LogP contribution >= 0.6 is 11.6 Å². The average Bonchev–Trinajstić information content (AvgIpc) is 3.53. The van der Waals surface area contributed by atoms with Crippen molar-refractivity contribution < 1.29 is 41.3 Å². The minimum atomic E-state index is -1.56. The first-order valence-electron chi connectivity index (χ1n) is 15.7. The number of ether oxygens (including phenoxy) is 4. The van der Waals surface area contributed by atoms with Crippen molar-refractivity contribution in [2.24, 2.45) is 0 Å². The molecule has 2 unspecified atom stereocenters. The largest absolute Gasteiger partial charge is 0.456 e. The van der Waals surface area contributed by atoms with Crippen LogP contribution in [0.4, 0.5) is 17.6 Å². The van der Waals surface area contributed by atoms with Gasteiger partial charge in [0.1, 0.15) is 34.4 Å². The Hall–Kier alpha value is -4.61. The molecule has 1 fully saturated rings. The van der Waals surface area contributed by atoms with Crippen molar-refractivity contribution in [1.29, 1.82) is 0 Å².